The fourth-order valence-corrected chi connectivity index (χ4v) is 3.55. The zero-order valence-corrected chi connectivity index (χ0v) is 19.9. The number of carbonyl (C=O) groups is 2. The molecule has 0 spiro atoms. The smallest absolute Gasteiger partial charge is 0.261 e. The number of carbonyl (C=O) groups excluding carboxylic acids is 2. The summed E-state index contributed by atoms with van der Waals surface area (Å²) in [6.07, 6.45) is 0.275. The lowest BCUT2D eigenvalue weighted by molar-refractivity contribution is -0.142. The molecule has 3 aromatic carbocycles. The summed E-state index contributed by atoms with van der Waals surface area (Å²) in [6.45, 7) is 4.03. The van der Waals surface area contributed by atoms with E-state index in [9.17, 15) is 18.4 Å². The van der Waals surface area contributed by atoms with Crippen LogP contribution in [0.15, 0.2) is 78.9 Å². The summed E-state index contributed by atoms with van der Waals surface area (Å²) in [7, 11) is 0. The molecular formula is C28H30F2N2O3. The van der Waals surface area contributed by atoms with Gasteiger partial charge in [-0.1, -0.05) is 68.4 Å². The molecule has 2 amide bonds. The summed E-state index contributed by atoms with van der Waals surface area (Å²) in [6, 6.07) is 20.1. The molecule has 0 unspecified atom stereocenters. The van der Waals surface area contributed by atoms with E-state index < -0.39 is 30.2 Å². The van der Waals surface area contributed by atoms with Crippen LogP contribution in [0.5, 0.6) is 5.75 Å². The van der Waals surface area contributed by atoms with E-state index in [0.29, 0.717) is 12.1 Å². The Balaban J connectivity index is 1.90. The molecule has 0 heterocycles. The van der Waals surface area contributed by atoms with Crippen molar-refractivity contribution in [2.24, 2.45) is 5.92 Å². The highest BCUT2D eigenvalue weighted by Gasteiger charge is 2.31. The van der Waals surface area contributed by atoms with E-state index >= 15 is 0 Å². The van der Waals surface area contributed by atoms with Crippen LogP contribution in [0, 0.1) is 17.6 Å². The lowest BCUT2D eigenvalue weighted by Crippen LogP contribution is -2.52. The monoisotopic (exact) mass is 480 g/mol. The Kier molecular flexibility index (Phi) is 9.35. The van der Waals surface area contributed by atoms with Gasteiger partial charge >= 0.3 is 0 Å². The number of benzene rings is 3. The molecule has 0 aromatic heterocycles. The van der Waals surface area contributed by atoms with Crippen molar-refractivity contribution in [3.8, 4) is 5.75 Å². The van der Waals surface area contributed by atoms with Crippen LogP contribution < -0.4 is 10.1 Å². The second-order valence-electron chi connectivity index (χ2n) is 8.71. The molecule has 35 heavy (non-hydrogen) atoms. The molecule has 7 heteroatoms. The number of para-hydroxylation sites is 1. The third kappa shape index (κ3) is 7.91. The number of rotatable bonds is 11. The minimum absolute atomic E-state index is 0.0496. The Labute approximate surface area is 204 Å². The predicted molar refractivity (Wildman–Crippen MR) is 131 cm³/mol. The number of amides is 2. The van der Waals surface area contributed by atoms with Crippen LogP contribution in [-0.4, -0.2) is 35.9 Å². The van der Waals surface area contributed by atoms with Gasteiger partial charge in [0.2, 0.25) is 5.91 Å². The number of nitrogens with one attached hydrogen (secondary N) is 1. The van der Waals surface area contributed by atoms with Crippen molar-refractivity contribution >= 4 is 11.8 Å². The van der Waals surface area contributed by atoms with Crippen molar-refractivity contribution < 1.29 is 23.1 Å². The van der Waals surface area contributed by atoms with Crippen LogP contribution in [-0.2, 0) is 22.6 Å². The van der Waals surface area contributed by atoms with E-state index in [1.165, 1.54) is 35.2 Å². The number of halogens is 2. The molecule has 0 aliphatic rings. The number of hydrogen-bond acceptors (Lipinski definition) is 3. The summed E-state index contributed by atoms with van der Waals surface area (Å²) >= 11 is 0. The number of nitrogens with zero attached hydrogens (tertiary/aromatic N) is 1. The first kappa shape index (κ1) is 25.9. The summed E-state index contributed by atoms with van der Waals surface area (Å²) < 4.78 is 33.0. The molecule has 0 radical (unpaired) electrons. The first-order valence-corrected chi connectivity index (χ1v) is 11.6. The molecule has 0 saturated heterocycles. The average Bonchev–Trinajstić information content (AvgIpc) is 2.85. The van der Waals surface area contributed by atoms with Gasteiger partial charge in [0.15, 0.2) is 18.2 Å². The van der Waals surface area contributed by atoms with Gasteiger partial charge in [-0.3, -0.25) is 9.59 Å². The minimum Gasteiger partial charge on any atom is -0.481 e. The van der Waals surface area contributed by atoms with Crippen LogP contribution in [0.3, 0.4) is 0 Å². The SMILES string of the molecule is CC(C)CNC(=O)[C@H](Cc1ccccc1)N(Cc1ccc(F)cc1)C(=O)COc1ccccc1F. The van der Waals surface area contributed by atoms with Crippen molar-refractivity contribution in [1.82, 2.24) is 10.2 Å². The van der Waals surface area contributed by atoms with Crippen LogP contribution in [0.4, 0.5) is 8.78 Å². The molecule has 0 saturated carbocycles. The Morgan fingerprint density at radius 3 is 2.20 bits per heavy atom. The molecule has 0 fully saturated rings. The maximum Gasteiger partial charge on any atom is 0.261 e. The minimum atomic E-state index is -0.849. The van der Waals surface area contributed by atoms with E-state index in [2.05, 4.69) is 5.32 Å². The van der Waals surface area contributed by atoms with Crippen LogP contribution in [0.25, 0.3) is 0 Å². The zero-order valence-electron chi connectivity index (χ0n) is 19.9. The second-order valence-corrected chi connectivity index (χ2v) is 8.71. The largest absolute Gasteiger partial charge is 0.481 e. The zero-order chi connectivity index (χ0) is 25.2. The van der Waals surface area contributed by atoms with Crippen LogP contribution in [0.2, 0.25) is 0 Å². The van der Waals surface area contributed by atoms with Crippen molar-refractivity contribution in [1.29, 1.82) is 0 Å². The summed E-state index contributed by atoms with van der Waals surface area (Å²) in [5, 5.41) is 2.92. The predicted octanol–water partition coefficient (Wildman–Crippen LogP) is 4.76. The van der Waals surface area contributed by atoms with Gasteiger partial charge in [0, 0.05) is 19.5 Å². The topological polar surface area (TPSA) is 58.6 Å². The Morgan fingerprint density at radius 2 is 1.54 bits per heavy atom. The van der Waals surface area contributed by atoms with Gasteiger partial charge in [-0.25, -0.2) is 8.78 Å². The van der Waals surface area contributed by atoms with Gasteiger partial charge in [-0.05, 0) is 41.3 Å². The van der Waals surface area contributed by atoms with Crippen molar-refractivity contribution in [3.05, 3.63) is 102 Å². The molecular weight excluding hydrogens is 450 g/mol. The fourth-order valence-electron chi connectivity index (χ4n) is 3.55. The van der Waals surface area contributed by atoms with E-state index in [-0.39, 0.29) is 30.5 Å². The first-order valence-electron chi connectivity index (χ1n) is 11.6. The molecule has 0 bridgehead atoms. The highest BCUT2D eigenvalue weighted by molar-refractivity contribution is 5.88. The van der Waals surface area contributed by atoms with E-state index in [1.807, 2.05) is 44.2 Å². The molecule has 184 valence electrons. The molecule has 1 N–H and O–H groups in total. The lowest BCUT2D eigenvalue weighted by atomic mass is 10.0. The van der Waals surface area contributed by atoms with E-state index in [4.69, 9.17) is 4.74 Å². The van der Waals surface area contributed by atoms with Gasteiger partial charge in [0.25, 0.3) is 5.91 Å². The Morgan fingerprint density at radius 1 is 0.886 bits per heavy atom. The third-order valence-corrected chi connectivity index (χ3v) is 5.41. The summed E-state index contributed by atoms with van der Waals surface area (Å²) in [4.78, 5) is 28.1. The van der Waals surface area contributed by atoms with Crippen LogP contribution >= 0.6 is 0 Å². The summed E-state index contributed by atoms with van der Waals surface area (Å²) in [5.41, 5.74) is 1.53. The lowest BCUT2D eigenvalue weighted by Gasteiger charge is -2.31. The maximum absolute atomic E-state index is 14.0. The molecule has 3 rings (SSSR count). The average molecular weight is 481 g/mol. The van der Waals surface area contributed by atoms with Crippen molar-refractivity contribution in [2.75, 3.05) is 13.2 Å². The quantitative estimate of drug-likeness (QED) is 0.431. The van der Waals surface area contributed by atoms with Crippen molar-refractivity contribution in [3.63, 3.8) is 0 Å². The Hall–Kier alpha value is -3.74. The first-order chi connectivity index (χ1) is 16.8. The second kappa shape index (κ2) is 12.6. The van der Waals surface area contributed by atoms with Crippen molar-refractivity contribution in [2.45, 2.75) is 32.9 Å². The number of ether oxygens (including phenoxy) is 1. The van der Waals surface area contributed by atoms with Gasteiger partial charge in [-0.2, -0.15) is 0 Å². The highest BCUT2D eigenvalue weighted by Crippen LogP contribution is 2.18. The Bertz CT molecular complexity index is 1100. The fraction of sp³-hybridized carbons (Fsp3) is 0.286. The molecule has 0 aliphatic carbocycles. The maximum atomic E-state index is 14.0. The molecule has 5 nitrogen and oxygen atoms in total. The standard InChI is InChI=1S/C28H30F2N2O3/c1-20(2)17-31-28(34)25(16-21-8-4-3-5-9-21)32(18-22-12-14-23(29)15-13-22)27(33)19-35-26-11-7-6-10-24(26)30/h3-15,20,25H,16-19H2,1-2H3,(H,31,34)/t25-/m0/s1. The molecule has 3 aromatic rings. The van der Waals surface area contributed by atoms with E-state index in [0.717, 1.165) is 5.56 Å². The normalized spacial score (nSPS) is 11.7. The van der Waals surface area contributed by atoms with Gasteiger partial charge in [0.1, 0.15) is 11.9 Å². The third-order valence-electron chi connectivity index (χ3n) is 5.41. The molecule has 0 aliphatic heterocycles. The van der Waals surface area contributed by atoms with Gasteiger partial charge < -0.3 is 15.0 Å². The number of hydrogen-bond donors (Lipinski definition) is 1. The molecule has 1 atom stereocenters. The van der Waals surface area contributed by atoms with Gasteiger partial charge in [-0.15, -0.1) is 0 Å². The van der Waals surface area contributed by atoms with Crippen LogP contribution in [0.1, 0.15) is 25.0 Å². The van der Waals surface area contributed by atoms with E-state index in [1.54, 1.807) is 18.2 Å². The van der Waals surface area contributed by atoms with Gasteiger partial charge in [0.05, 0.1) is 0 Å². The highest BCUT2D eigenvalue weighted by atomic mass is 19.1. The summed E-state index contributed by atoms with van der Waals surface area (Å²) in [5.74, 6) is -1.60.